The number of amides is 2. The number of urea groups is 1. The largest absolute Gasteiger partial charge is 0.322 e. The molecular weight excluding hydrogens is 272 g/mol. The van der Waals surface area contributed by atoms with Crippen LogP contribution in [0.1, 0.15) is 19.8 Å². The number of likely N-dealkylation sites (tertiary alicyclic amines) is 1. The maximum atomic E-state index is 12.2. The molecule has 20 heavy (non-hydrogen) atoms. The summed E-state index contributed by atoms with van der Waals surface area (Å²) in [4.78, 5) is 14.1. The summed E-state index contributed by atoms with van der Waals surface area (Å²) in [5.74, 6) is 0. The predicted molar refractivity (Wildman–Crippen MR) is 85.6 cm³/mol. The molecule has 2 aromatic carbocycles. The Bertz CT molecular complexity index is 614. The van der Waals surface area contributed by atoms with E-state index in [-0.39, 0.29) is 18.4 Å². The first kappa shape index (κ1) is 14.7. The van der Waals surface area contributed by atoms with Crippen molar-refractivity contribution in [3.05, 3.63) is 42.5 Å². The number of fused-ring (bicyclic) bond motifs is 1. The minimum absolute atomic E-state index is 0. The summed E-state index contributed by atoms with van der Waals surface area (Å²) in [6.45, 7) is 2.97. The van der Waals surface area contributed by atoms with Crippen LogP contribution in [-0.2, 0) is 0 Å². The van der Waals surface area contributed by atoms with E-state index < -0.39 is 0 Å². The second-order valence-corrected chi connectivity index (χ2v) is 5.18. The number of halogens is 1. The molecule has 1 fully saturated rings. The monoisotopic (exact) mass is 290 g/mol. The van der Waals surface area contributed by atoms with Gasteiger partial charge in [-0.05, 0) is 42.7 Å². The Morgan fingerprint density at radius 1 is 1.20 bits per heavy atom. The topological polar surface area (TPSA) is 32.3 Å². The minimum Gasteiger partial charge on any atom is -0.322 e. The standard InChI is InChI=1S/C16H18N2O.ClH/c1-12-5-4-10-18(12)16(19)17-15-9-8-13-6-2-3-7-14(13)11-15;/h2-3,6-9,11-12H,4-5,10H2,1H3,(H,17,19);1H/t12-;/m1./s1. The van der Waals surface area contributed by atoms with Gasteiger partial charge in [0.05, 0.1) is 0 Å². The zero-order chi connectivity index (χ0) is 13.2. The first-order valence-electron chi connectivity index (χ1n) is 6.80. The number of carbonyl (C=O) groups excluding carboxylic acids is 1. The van der Waals surface area contributed by atoms with E-state index in [0.717, 1.165) is 30.5 Å². The Kier molecular flexibility index (Phi) is 4.50. The second-order valence-electron chi connectivity index (χ2n) is 5.18. The van der Waals surface area contributed by atoms with Crippen LogP contribution >= 0.6 is 12.4 Å². The van der Waals surface area contributed by atoms with Gasteiger partial charge in [0.2, 0.25) is 0 Å². The molecule has 0 radical (unpaired) electrons. The van der Waals surface area contributed by atoms with Crippen molar-refractivity contribution in [2.75, 3.05) is 11.9 Å². The van der Waals surface area contributed by atoms with E-state index in [1.165, 1.54) is 5.39 Å². The number of nitrogens with zero attached hydrogens (tertiary/aromatic N) is 1. The average molecular weight is 291 g/mol. The third-order valence-corrected chi connectivity index (χ3v) is 3.81. The highest BCUT2D eigenvalue weighted by atomic mass is 35.5. The van der Waals surface area contributed by atoms with Gasteiger partial charge >= 0.3 is 6.03 Å². The van der Waals surface area contributed by atoms with Crippen LogP contribution in [0.3, 0.4) is 0 Å². The molecule has 3 rings (SSSR count). The van der Waals surface area contributed by atoms with E-state index >= 15 is 0 Å². The SMILES string of the molecule is C[C@@H]1CCCN1C(=O)Nc1ccc2ccccc2c1.Cl. The molecule has 3 nitrogen and oxygen atoms in total. The fourth-order valence-corrected chi connectivity index (χ4v) is 2.70. The first-order chi connectivity index (χ1) is 9.24. The van der Waals surface area contributed by atoms with Gasteiger partial charge in [0.15, 0.2) is 0 Å². The van der Waals surface area contributed by atoms with Crippen molar-refractivity contribution in [2.24, 2.45) is 0 Å². The van der Waals surface area contributed by atoms with Crippen LogP contribution in [0.5, 0.6) is 0 Å². The van der Waals surface area contributed by atoms with Crippen molar-refractivity contribution < 1.29 is 4.79 Å². The van der Waals surface area contributed by atoms with Crippen LogP contribution in [0, 0.1) is 0 Å². The number of carbonyl (C=O) groups is 1. The fourth-order valence-electron chi connectivity index (χ4n) is 2.70. The maximum Gasteiger partial charge on any atom is 0.322 e. The summed E-state index contributed by atoms with van der Waals surface area (Å²) >= 11 is 0. The normalized spacial score (nSPS) is 17.9. The zero-order valence-electron chi connectivity index (χ0n) is 11.5. The molecule has 2 amide bonds. The van der Waals surface area contributed by atoms with Gasteiger partial charge in [0.25, 0.3) is 0 Å². The summed E-state index contributed by atoms with van der Waals surface area (Å²) in [5, 5.41) is 5.33. The summed E-state index contributed by atoms with van der Waals surface area (Å²) in [5.41, 5.74) is 0.864. The van der Waals surface area contributed by atoms with Crippen molar-refractivity contribution >= 4 is 34.9 Å². The smallest absolute Gasteiger partial charge is 0.322 e. The van der Waals surface area contributed by atoms with Crippen molar-refractivity contribution in [1.29, 1.82) is 0 Å². The maximum absolute atomic E-state index is 12.2. The molecule has 4 heteroatoms. The zero-order valence-corrected chi connectivity index (χ0v) is 12.3. The lowest BCUT2D eigenvalue weighted by atomic mass is 10.1. The van der Waals surface area contributed by atoms with Crippen LogP contribution in [0.2, 0.25) is 0 Å². The van der Waals surface area contributed by atoms with Gasteiger partial charge in [-0.1, -0.05) is 30.3 Å². The van der Waals surface area contributed by atoms with Gasteiger partial charge in [-0.3, -0.25) is 0 Å². The molecule has 106 valence electrons. The molecule has 0 aromatic heterocycles. The molecule has 0 bridgehead atoms. The Labute approximate surface area is 125 Å². The predicted octanol–water partition coefficient (Wildman–Crippen LogP) is 4.28. The van der Waals surface area contributed by atoms with Crippen LogP contribution in [0.25, 0.3) is 10.8 Å². The molecule has 1 atom stereocenters. The molecule has 1 heterocycles. The van der Waals surface area contributed by atoms with E-state index in [0.29, 0.717) is 6.04 Å². The number of nitrogens with one attached hydrogen (secondary N) is 1. The average Bonchev–Trinajstić information content (AvgIpc) is 2.85. The third kappa shape index (κ3) is 2.88. The molecular formula is C16H19ClN2O. The van der Waals surface area contributed by atoms with E-state index in [4.69, 9.17) is 0 Å². The molecule has 0 spiro atoms. The van der Waals surface area contributed by atoms with Crippen LogP contribution < -0.4 is 5.32 Å². The highest BCUT2D eigenvalue weighted by Gasteiger charge is 2.24. The molecule has 0 saturated carbocycles. The first-order valence-corrected chi connectivity index (χ1v) is 6.80. The summed E-state index contributed by atoms with van der Waals surface area (Å²) in [7, 11) is 0. The van der Waals surface area contributed by atoms with Crippen LogP contribution in [0.4, 0.5) is 10.5 Å². The number of hydrogen-bond acceptors (Lipinski definition) is 1. The van der Waals surface area contributed by atoms with Crippen molar-refractivity contribution in [2.45, 2.75) is 25.8 Å². The van der Waals surface area contributed by atoms with Crippen molar-refractivity contribution in [1.82, 2.24) is 4.90 Å². The lowest BCUT2D eigenvalue weighted by molar-refractivity contribution is 0.210. The Hall–Kier alpha value is -1.74. The summed E-state index contributed by atoms with van der Waals surface area (Å²) in [6, 6.07) is 14.5. The van der Waals surface area contributed by atoms with Gasteiger partial charge in [-0.15, -0.1) is 12.4 Å². The summed E-state index contributed by atoms with van der Waals surface area (Å²) in [6.07, 6.45) is 2.21. The van der Waals surface area contributed by atoms with Crippen molar-refractivity contribution in [3.63, 3.8) is 0 Å². The quantitative estimate of drug-likeness (QED) is 0.835. The molecule has 1 aliphatic heterocycles. The molecule has 1 saturated heterocycles. The Morgan fingerprint density at radius 3 is 2.65 bits per heavy atom. The van der Waals surface area contributed by atoms with Gasteiger partial charge in [0, 0.05) is 18.3 Å². The van der Waals surface area contributed by atoms with Crippen LogP contribution in [-0.4, -0.2) is 23.5 Å². The second kappa shape index (κ2) is 6.14. The molecule has 1 aliphatic rings. The van der Waals surface area contributed by atoms with Crippen LogP contribution in [0.15, 0.2) is 42.5 Å². The molecule has 2 aromatic rings. The summed E-state index contributed by atoms with van der Waals surface area (Å²) < 4.78 is 0. The fraction of sp³-hybridized carbons (Fsp3) is 0.312. The highest BCUT2D eigenvalue weighted by Crippen LogP contribution is 2.21. The van der Waals surface area contributed by atoms with E-state index in [9.17, 15) is 4.79 Å². The third-order valence-electron chi connectivity index (χ3n) is 3.81. The lowest BCUT2D eigenvalue weighted by Crippen LogP contribution is -2.37. The number of benzene rings is 2. The van der Waals surface area contributed by atoms with Gasteiger partial charge in [-0.25, -0.2) is 4.79 Å². The number of rotatable bonds is 1. The number of anilines is 1. The lowest BCUT2D eigenvalue weighted by Gasteiger charge is -2.21. The van der Waals surface area contributed by atoms with Gasteiger partial charge in [-0.2, -0.15) is 0 Å². The molecule has 0 aliphatic carbocycles. The number of hydrogen-bond donors (Lipinski definition) is 1. The highest BCUT2D eigenvalue weighted by molar-refractivity contribution is 5.93. The Balaban J connectivity index is 0.00000147. The molecule has 0 unspecified atom stereocenters. The van der Waals surface area contributed by atoms with Gasteiger partial charge < -0.3 is 10.2 Å². The van der Waals surface area contributed by atoms with E-state index in [1.54, 1.807) is 0 Å². The molecule has 1 N–H and O–H groups in total. The minimum atomic E-state index is 0. The van der Waals surface area contributed by atoms with E-state index in [1.807, 2.05) is 35.2 Å². The Morgan fingerprint density at radius 2 is 1.95 bits per heavy atom. The van der Waals surface area contributed by atoms with E-state index in [2.05, 4.69) is 24.4 Å². The van der Waals surface area contributed by atoms with Gasteiger partial charge in [0.1, 0.15) is 0 Å². The van der Waals surface area contributed by atoms with Crippen molar-refractivity contribution in [3.8, 4) is 0 Å².